The number of hydrogen-bond acceptors (Lipinski definition) is 4. The van der Waals surface area contributed by atoms with E-state index in [1.54, 1.807) is 41.3 Å². The summed E-state index contributed by atoms with van der Waals surface area (Å²) < 4.78 is 27.9. The maximum absolute atomic E-state index is 13.5. The van der Waals surface area contributed by atoms with Crippen molar-refractivity contribution in [2.24, 2.45) is 0 Å². The van der Waals surface area contributed by atoms with Gasteiger partial charge in [0.1, 0.15) is 6.04 Å². The first-order valence-corrected chi connectivity index (χ1v) is 14.4. The Balaban J connectivity index is 1.53. The number of sulfonamides is 1. The second kappa shape index (κ2) is 11.3. The van der Waals surface area contributed by atoms with E-state index in [-0.39, 0.29) is 36.2 Å². The normalized spacial score (nSPS) is 14.5. The van der Waals surface area contributed by atoms with E-state index in [9.17, 15) is 18.0 Å². The van der Waals surface area contributed by atoms with Crippen LogP contribution in [0.5, 0.6) is 0 Å². The van der Waals surface area contributed by atoms with Crippen LogP contribution in [0.15, 0.2) is 59.5 Å². The fourth-order valence-electron chi connectivity index (χ4n) is 4.76. The largest absolute Gasteiger partial charge is 0.355 e. The number of halogens is 2. The van der Waals surface area contributed by atoms with Gasteiger partial charge in [0.25, 0.3) is 10.0 Å². The van der Waals surface area contributed by atoms with Crippen LogP contribution in [-0.4, -0.2) is 44.3 Å². The number of likely N-dealkylation sites (N-methyl/N-ethyl adjacent to an activating group) is 1. The van der Waals surface area contributed by atoms with E-state index in [0.717, 1.165) is 10.9 Å². The zero-order valence-corrected chi connectivity index (χ0v) is 23.0. The molecule has 0 fully saturated rings. The predicted molar refractivity (Wildman–Crippen MR) is 147 cm³/mol. The molecule has 1 aliphatic rings. The van der Waals surface area contributed by atoms with Crippen LogP contribution in [-0.2, 0) is 26.2 Å². The number of carbonyl (C=O) groups excluding carboxylic acids is 2. The van der Waals surface area contributed by atoms with Gasteiger partial charge in [-0.1, -0.05) is 60.5 Å². The molecule has 0 aliphatic carbocycles. The molecule has 3 aromatic rings. The van der Waals surface area contributed by atoms with Crippen LogP contribution in [0, 0.1) is 0 Å². The highest BCUT2D eigenvalue weighted by molar-refractivity contribution is 7.93. The highest BCUT2D eigenvalue weighted by atomic mass is 35.5. The van der Waals surface area contributed by atoms with Crippen LogP contribution in [0.4, 0.5) is 5.69 Å². The fraction of sp³-hybridized carbons (Fsp3) is 0.333. The van der Waals surface area contributed by atoms with E-state index in [4.69, 9.17) is 23.2 Å². The van der Waals surface area contributed by atoms with Crippen LogP contribution >= 0.6 is 23.2 Å². The van der Waals surface area contributed by atoms with E-state index in [2.05, 4.69) is 5.32 Å². The topological polar surface area (TPSA) is 86.8 Å². The zero-order chi connectivity index (χ0) is 26.7. The van der Waals surface area contributed by atoms with Crippen molar-refractivity contribution in [1.82, 2.24) is 10.2 Å². The average molecular weight is 563 g/mol. The van der Waals surface area contributed by atoms with Gasteiger partial charge in [-0.3, -0.25) is 13.9 Å². The number of benzene rings is 3. The molecule has 1 heterocycles. The van der Waals surface area contributed by atoms with E-state index in [1.807, 2.05) is 32.0 Å². The number of hydrogen-bond donors (Lipinski definition) is 1. The molecule has 1 unspecified atom stereocenters. The first-order chi connectivity index (χ1) is 17.7. The quantitative estimate of drug-likeness (QED) is 0.360. The summed E-state index contributed by atoms with van der Waals surface area (Å²) in [6.45, 7) is 4.45. The number of anilines is 1. The third kappa shape index (κ3) is 5.42. The fourth-order valence-corrected chi connectivity index (χ4v) is 6.83. The van der Waals surface area contributed by atoms with E-state index >= 15 is 0 Å². The summed E-state index contributed by atoms with van der Waals surface area (Å²) in [6.07, 6.45) is 0.804. The summed E-state index contributed by atoms with van der Waals surface area (Å²) in [5.74, 6) is -0.473. The van der Waals surface area contributed by atoms with Gasteiger partial charge in [-0.15, -0.1) is 0 Å². The maximum Gasteiger partial charge on any atom is 0.265 e. The number of nitrogens with one attached hydrogen (secondary N) is 1. The summed E-state index contributed by atoms with van der Waals surface area (Å²) in [5.41, 5.74) is 1.37. The molecule has 1 atom stereocenters. The summed E-state index contributed by atoms with van der Waals surface area (Å²) >= 11 is 12.2. The van der Waals surface area contributed by atoms with Crippen LogP contribution in [0.25, 0.3) is 10.8 Å². The number of carbonyl (C=O) groups is 2. The molecule has 7 nitrogen and oxygen atoms in total. The third-order valence-electron chi connectivity index (χ3n) is 6.51. The van der Waals surface area contributed by atoms with E-state index in [1.165, 1.54) is 4.31 Å². The second-order valence-corrected chi connectivity index (χ2v) is 11.5. The number of rotatable bonds is 10. The van der Waals surface area contributed by atoms with Crippen molar-refractivity contribution in [1.29, 1.82) is 0 Å². The smallest absolute Gasteiger partial charge is 0.265 e. The first kappa shape index (κ1) is 27.2. The molecule has 4 rings (SSSR count). The Morgan fingerprint density at radius 2 is 1.76 bits per heavy atom. The van der Waals surface area contributed by atoms with Crippen molar-refractivity contribution < 1.29 is 18.0 Å². The summed E-state index contributed by atoms with van der Waals surface area (Å²) in [5, 5.41) is 5.14. The van der Waals surface area contributed by atoms with Gasteiger partial charge < -0.3 is 10.2 Å². The Labute approximate surface area is 227 Å². The van der Waals surface area contributed by atoms with Crippen molar-refractivity contribution in [3.8, 4) is 0 Å². The summed E-state index contributed by atoms with van der Waals surface area (Å²) in [7, 11) is -3.70. The Hall–Kier alpha value is -2.81. The molecular formula is C27H29Cl2N3O4S. The van der Waals surface area contributed by atoms with Gasteiger partial charge in [-0.05, 0) is 55.0 Å². The minimum atomic E-state index is -3.70. The van der Waals surface area contributed by atoms with E-state index in [0.29, 0.717) is 40.5 Å². The highest BCUT2D eigenvalue weighted by Crippen LogP contribution is 2.42. The van der Waals surface area contributed by atoms with Crippen LogP contribution in [0.1, 0.15) is 38.7 Å². The third-order valence-corrected chi connectivity index (χ3v) is 9.10. The number of amides is 2. The molecule has 0 radical (unpaired) electrons. The lowest BCUT2D eigenvalue weighted by Gasteiger charge is -2.31. The van der Waals surface area contributed by atoms with Gasteiger partial charge in [0.05, 0.1) is 20.6 Å². The number of nitrogens with zero attached hydrogens (tertiary/aromatic N) is 2. The first-order valence-electron chi connectivity index (χ1n) is 12.2. The molecule has 0 saturated heterocycles. The Bertz CT molecular complexity index is 1440. The van der Waals surface area contributed by atoms with Gasteiger partial charge in [-0.25, -0.2) is 8.42 Å². The second-order valence-electron chi connectivity index (χ2n) is 8.90. The maximum atomic E-state index is 13.5. The molecule has 0 spiro atoms. The van der Waals surface area contributed by atoms with Crippen molar-refractivity contribution in [3.63, 3.8) is 0 Å². The Morgan fingerprint density at radius 1 is 1.03 bits per heavy atom. The standard InChI is InChI=1S/C27H29Cl2N3O4S/c1-3-22(27(34)30-4-2)31(17-18-13-14-20(28)21(29)16-18)25(33)12-7-15-32-23-10-5-8-19-9-6-11-24(26(19)23)37(32,35)36/h5-6,8-11,13-14,16,22H,3-4,7,12,15,17H2,1-2H3,(H,30,34). The molecule has 1 N–H and O–H groups in total. The van der Waals surface area contributed by atoms with Gasteiger partial charge in [0, 0.05) is 31.4 Å². The Morgan fingerprint density at radius 3 is 2.43 bits per heavy atom. The highest BCUT2D eigenvalue weighted by Gasteiger charge is 2.35. The summed E-state index contributed by atoms with van der Waals surface area (Å²) in [6, 6.07) is 15.2. The minimum Gasteiger partial charge on any atom is -0.355 e. The molecule has 0 bridgehead atoms. The van der Waals surface area contributed by atoms with Gasteiger partial charge in [-0.2, -0.15) is 0 Å². The van der Waals surface area contributed by atoms with Crippen molar-refractivity contribution in [2.75, 3.05) is 17.4 Å². The van der Waals surface area contributed by atoms with Crippen molar-refractivity contribution in [3.05, 3.63) is 70.2 Å². The lowest BCUT2D eigenvalue weighted by Crippen LogP contribution is -2.49. The van der Waals surface area contributed by atoms with Gasteiger partial charge in [0.2, 0.25) is 11.8 Å². The van der Waals surface area contributed by atoms with Crippen LogP contribution in [0.2, 0.25) is 10.0 Å². The molecule has 1 aliphatic heterocycles. The Kier molecular flexibility index (Phi) is 8.31. The van der Waals surface area contributed by atoms with Crippen LogP contribution in [0.3, 0.4) is 0 Å². The summed E-state index contributed by atoms with van der Waals surface area (Å²) in [4.78, 5) is 28.1. The van der Waals surface area contributed by atoms with Gasteiger partial charge >= 0.3 is 0 Å². The van der Waals surface area contributed by atoms with Crippen LogP contribution < -0.4 is 9.62 Å². The molecule has 196 valence electrons. The molecule has 37 heavy (non-hydrogen) atoms. The molecule has 10 heteroatoms. The molecule has 3 aromatic carbocycles. The average Bonchev–Trinajstić information content (AvgIpc) is 3.09. The molecule has 0 aromatic heterocycles. The molecule has 2 amide bonds. The van der Waals surface area contributed by atoms with Crippen molar-refractivity contribution >= 4 is 61.5 Å². The van der Waals surface area contributed by atoms with Crippen molar-refractivity contribution in [2.45, 2.75) is 50.6 Å². The minimum absolute atomic E-state index is 0.0789. The predicted octanol–water partition coefficient (Wildman–Crippen LogP) is 5.38. The van der Waals surface area contributed by atoms with Gasteiger partial charge in [0.15, 0.2) is 0 Å². The van der Waals surface area contributed by atoms with E-state index < -0.39 is 16.1 Å². The monoisotopic (exact) mass is 561 g/mol. The SMILES string of the molecule is CCNC(=O)C(CC)N(Cc1ccc(Cl)c(Cl)c1)C(=O)CCCN1c2cccc3cccc(c23)S1(=O)=O. The molecular weight excluding hydrogens is 533 g/mol. The lowest BCUT2D eigenvalue weighted by molar-refractivity contribution is -0.141. The zero-order valence-electron chi connectivity index (χ0n) is 20.7. The molecule has 0 saturated carbocycles. The lowest BCUT2D eigenvalue weighted by atomic mass is 10.1.